The van der Waals surface area contributed by atoms with Gasteiger partial charge >= 0.3 is 0 Å². The number of aryl methyl sites for hydroxylation is 2. The smallest absolute Gasteiger partial charge is 0.274 e. The van der Waals surface area contributed by atoms with Gasteiger partial charge < -0.3 is 10.6 Å². The number of anilines is 2. The number of nitrogens with one attached hydrogen (secondary N) is 2. The summed E-state index contributed by atoms with van der Waals surface area (Å²) in [5.74, 6) is 0.143. The third kappa shape index (κ3) is 5.28. The second-order valence-electron chi connectivity index (χ2n) is 6.30. The molecule has 3 aromatic rings. The molecule has 0 saturated carbocycles. The van der Waals surface area contributed by atoms with Gasteiger partial charge in [-0.1, -0.05) is 48.0 Å². The highest BCUT2D eigenvalue weighted by Crippen LogP contribution is 2.20. The summed E-state index contributed by atoms with van der Waals surface area (Å²) in [7, 11) is 0. The van der Waals surface area contributed by atoms with Crippen LogP contribution in [0.1, 0.15) is 27.3 Å². The molecule has 0 radical (unpaired) electrons. The number of rotatable bonds is 6. The molecule has 0 saturated heterocycles. The molecule has 0 unspecified atom stereocenters. The second-order valence-corrected chi connectivity index (χ2v) is 6.71. The molecule has 0 aliphatic carbocycles. The molecule has 5 nitrogen and oxygen atoms in total. The number of halogens is 1. The SMILES string of the molecule is Cc1cc(C(=O)Nc2ccc(C)c(Cl)c2)nc(NCCc2ccccc2)n1. The molecule has 138 valence electrons. The van der Waals surface area contributed by atoms with Crippen molar-refractivity contribution >= 4 is 29.1 Å². The van der Waals surface area contributed by atoms with Crippen molar-refractivity contribution < 1.29 is 4.79 Å². The zero-order valence-electron chi connectivity index (χ0n) is 15.3. The Balaban J connectivity index is 1.66. The molecule has 2 N–H and O–H groups in total. The normalized spacial score (nSPS) is 10.5. The lowest BCUT2D eigenvalue weighted by Gasteiger charge is -2.10. The minimum atomic E-state index is -0.300. The van der Waals surface area contributed by atoms with Crippen LogP contribution in [0.15, 0.2) is 54.6 Å². The molecular formula is C21H21ClN4O. The van der Waals surface area contributed by atoms with Crippen LogP contribution in [0.5, 0.6) is 0 Å². The van der Waals surface area contributed by atoms with Gasteiger partial charge in [0, 0.05) is 22.9 Å². The first kappa shape index (κ1) is 18.9. The number of carbonyl (C=O) groups excluding carboxylic acids is 1. The van der Waals surface area contributed by atoms with E-state index in [9.17, 15) is 4.79 Å². The fraction of sp³-hybridized carbons (Fsp3) is 0.190. The summed E-state index contributed by atoms with van der Waals surface area (Å²) >= 11 is 6.11. The maximum atomic E-state index is 12.5. The molecule has 27 heavy (non-hydrogen) atoms. The summed E-state index contributed by atoms with van der Waals surface area (Å²) in [6.45, 7) is 4.43. The van der Waals surface area contributed by atoms with Gasteiger partial charge in [-0.15, -0.1) is 0 Å². The van der Waals surface area contributed by atoms with E-state index in [2.05, 4.69) is 32.7 Å². The molecule has 0 aliphatic rings. The largest absolute Gasteiger partial charge is 0.354 e. The Hall–Kier alpha value is -2.92. The topological polar surface area (TPSA) is 66.9 Å². The molecular weight excluding hydrogens is 360 g/mol. The average molecular weight is 381 g/mol. The van der Waals surface area contributed by atoms with Crippen LogP contribution >= 0.6 is 11.6 Å². The number of benzene rings is 2. The molecule has 1 aromatic heterocycles. The Morgan fingerprint density at radius 2 is 1.81 bits per heavy atom. The molecule has 0 fully saturated rings. The van der Waals surface area contributed by atoms with Gasteiger partial charge in [-0.2, -0.15) is 0 Å². The molecule has 0 bridgehead atoms. The van der Waals surface area contributed by atoms with E-state index in [4.69, 9.17) is 11.6 Å². The third-order valence-electron chi connectivity index (χ3n) is 4.06. The summed E-state index contributed by atoms with van der Waals surface area (Å²) in [5, 5.41) is 6.61. The van der Waals surface area contributed by atoms with E-state index in [-0.39, 0.29) is 5.91 Å². The molecule has 1 heterocycles. The van der Waals surface area contributed by atoms with Crippen molar-refractivity contribution in [2.75, 3.05) is 17.2 Å². The van der Waals surface area contributed by atoms with Crippen molar-refractivity contribution in [3.05, 3.63) is 82.1 Å². The summed E-state index contributed by atoms with van der Waals surface area (Å²) in [6.07, 6.45) is 0.849. The Bertz CT molecular complexity index is 944. The third-order valence-corrected chi connectivity index (χ3v) is 4.46. The maximum absolute atomic E-state index is 12.5. The molecule has 0 aliphatic heterocycles. The maximum Gasteiger partial charge on any atom is 0.274 e. The molecule has 3 rings (SSSR count). The van der Waals surface area contributed by atoms with Gasteiger partial charge in [0.15, 0.2) is 0 Å². The molecule has 0 spiro atoms. The van der Waals surface area contributed by atoms with Gasteiger partial charge in [0.25, 0.3) is 5.91 Å². The minimum Gasteiger partial charge on any atom is -0.354 e. The van der Waals surface area contributed by atoms with Crippen molar-refractivity contribution in [2.24, 2.45) is 0 Å². The van der Waals surface area contributed by atoms with Crippen molar-refractivity contribution in [2.45, 2.75) is 20.3 Å². The fourth-order valence-electron chi connectivity index (χ4n) is 2.59. The van der Waals surface area contributed by atoms with E-state index >= 15 is 0 Å². The van der Waals surface area contributed by atoms with E-state index in [1.165, 1.54) is 5.56 Å². The summed E-state index contributed by atoms with van der Waals surface area (Å²) in [4.78, 5) is 21.2. The number of hydrogen-bond acceptors (Lipinski definition) is 4. The van der Waals surface area contributed by atoms with Crippen molar-refractivity contribution in [1.82, 2.24) is 9.97 Å². The Morgan fingerprint density at radius 1 is 1.04 bits per heavy atom. The van der Waals surface area contributed by atoms with Crippen LogP contribution in [0.2, 0.25) is 5.02 Å². The highest BCUT2D eigenvalue weighted by Gasteiger charge is 2.11. The van der Waals surface area contributed by atoms with Crippen LogP contribution in [0.4, 0.5) is 11.6 Å². The first-order valence-electron chi connectivity index (χ1n) is 8.72. The second kappa shape index (κ2) is 8.64. The number of aromatic nitrogens is 2. The van der Waals surface area contributed by atoms with E-state index < -0.39 is 0 Å². The molecule has 1 amide bonds. The van der Waals surface area contributed by atoms with E-state index in [0.717, 1.165) is 17.7 Å². The average Bonchev–Trinajstić information content (AvgIpc) is 2.65. The quantitative estimate of drug-likeness (QED) is 0.653. The number of amides is 1. The summed E-state index contributed by atoms with van der Waals surface area (Å²) in [6, 6.07) is 17.2. The van der Waals surface area contributed by atoms with E-state index in [1.54, 1.807) is 12.1 Å². The lowest BCUT2D eigenvalue weighted by molar-refractivity contribution is 0.102. The molecule has 0 atom stereocenters. The van der Waals surface area contributed by atoms with Gasteiger partial charge in [0.2, 0.25) is 5.95 Å². The summed E-state index contributed by atoms with van der Waals surface area (Å²) < 4.78 is 0. The van der Waals surface area contributed by atoms with Crippen LogP contribution in [-0.2, 0) is 6.42 Å². The predicted molar refractivity (Wildman–Crippen MR) is 110 cm³/mol. The standard InChI is InChI=1S/C21H21ClN4O/c1-14-8-9-17(13-18(14)22)25-20(27)19-12-15(2)24-21(26-19)23-11-10-16-6-4-3-5-7-16/h3-9,12-13H,10-11H2,1-2H3,(H,25,27)(H,23,24,26). The van der Waals surface area contributed by atoms with Crippen molar-refractivity contribution in [3.63, 3.8) is 0 Å². The van der Waals surface area contributed by atoms with Crippen LogP contribution in [0.3, 0.4) is 0 Å². The highest BCUT2D eigenvalue weighted by molar-refractivity contribution is 6.31. The van der Waals surface area contributed by atoms with Crippen LogP contribution in [0, 0.1) is 13.8 Å². The first-order valence-corrected chi connectivity index (χ1v) is 9.10. The van der Waals surface area contributed by atoms with Crippen molar-refractivity contribution in [3.8, 4) is 0 Å². The van der Waals surface area contributed by atoms with Crippen molar-refractivity contribution in [1.29, 1.82) is 0 Å². The Morgan fingerprint density at radius 3 is 2.56 bits per heavy atom. The molecule has 6 heteroatoms. The lowest BCUT2D eigenvalue weighted by Crippen LogP contribution is -2.17. The number of hydrogen-bond donors (Lipinski definition) is 2. The Labute approximate surface area is 163 Å². The number of carbonyl (C=O) groups is 1. The molecule has 2 aromatic carbocycles. The van der Waals surface area contributed by atoms with Gasteiger partial charge in [-0.25, -0.2) is 9.97 Å². The first-order chi connectivity index (χ1) is 13.0. The minimum absolute atomic E-state index is 0.300. The summed E-state index contributed by atoms with van der Waals surface area (Å²) in [5.41, 5.74) is 3.84. The Kier molecular flexibility index (Phi) is 6.04. The van der Waals surface area contributed by atoms with Crippen LogP contribution in [-0.4, -0.2) is 22.4 Å². The van der Waals surface area contributed by atoms with Gasteiger partial charge in [-0.3, -0.25) is 4.79 Å². The van der Waals surface area contributed by atoms with E-state index in [0.29, 0.717) is 28.9 Å². The van der Waals surface area contributed by atoms with Gasteiger partial charge in [0.1, 0.15) is 5.69 Å². The zero-order valence-corrected chi connectivity index (χ0v) is 16.0. The highest BCUT2D eigenvalue weighted by atomic mass is 35.5. The fourth-order valence-corrected chi connectivity index (χ4v) is 2.77. The van der Waals surface area contributed by atoms with Gasteiger partial charge in [-0.05, 0) is 49.6 Å². The number of nitrogens with zero attached hydrogens (tertiary/aromatic N) is 2. The van der Waals surface area contributed by atoms with E-state index in [1.807, 2.05) is 44.2 Å². The van der Waals surface area contributed by atoms with Crippen LogP contribution in [0.25, 0.3) is 0 Å². The predicted octanol–water partition coefficient (Wildman–Crippen LogP) is 4.65. The lowest BCUT2D eigenvalue weighted by atomic mass is 10.1. The van der Waals surface area contributed by atoms with Crippen LogP contribution < -0.4 is 10.6 Å². The zero-order chi connectivity index (χ0) is 19.2. The monoisotopic (exact) mass is 380 g/mol. The van der Waals surface area contributed by atoms with Gasteiger partial charge in [0.05, 0.1) is 0 Å².